The number of halogens is 1. The van der Waals surface area contributed by atoms with Crippen LogP contribution in [0.5, 0.6) is 5.75 Å². The third-order valence-electron chi connectivity index (χ3n) is 2.74. The first kappa shape index (κ1) is 11.6. The zero-order valence-electron chi connectivity index (χ0n) is 9.33. The highest BCUT2D eigenvalue weighted by molar-refractivity contribution is 7.99. The second-order valence-electron chi connectivity index (χ2n) is 3.88. The number of rotatable bonds is 3. The molecular formula is C12H16FNOS. The van der Waals surface area contributed by atoms with E-state index in [0.717, 1.165) is 18.5 Å². The number of methoxy groups -OCH3 is 1. The smallest absolute Gasteiger partial charge is 0.167 e. The highest BCUT2D eigenvalue weighted by atomic mass is 32.2. The fourth-order valence-electron chi connectivity index (χ4n) is 1.83. The van der Waals surface area contributed by atoms with Gasteiger partial charge in [-0.15, -0.1) is 0 Å². The Bertz CT molecular complexity index is 353. The molecule has 0 spiro atoms. The zero-order chi connectivity index (χ0) is 11.4. The number of ether oxygens (including phenoxy) is 1. The molecule has 16 heavy (non-hydrogen) atoms. The van der Waals surface area contributed by atoms with Gasteiger partial charge in [0.25, 0.3) is 0 Å². The molecule has 1 aliphatic rings. The van der Waals surface area contributed by atoms with Crippen LogP contribution in [-0.4, -0.2) is 24.7 Å². The average molecular weight is 241 g/mol. The monoisotopic (exact) mass is 241 g/mol. The molecule has 1 aromatic carbocycles. The van der Waals surface area contributed by atoms with Crippen molar-refractivity contribution >= 4 is 17.4 Å². The maximum absolute atomic E-state index is 13.4. The standard InChI is InChI=1S/C12H16FNOS/c1-15-12-3-2-10(8-11(12)13)14-9-4-6-16-7-5-9/h2-3,8-9,14H,4-7H2,1H3. The molecule has 1 aromatic rings. The second kappa shape index (κ2) is 5.43. The van der Waals surface area contributed by atoms with Crippen molar-refractivity contribution in [1.82, 2.24) is 0 Å². The molecule has 0 aliphatic carbocycles. The highest BCUT2D eigenvalue weighted by Gasteiger charge is 2.13. The second-order valence-corrected chi connectivity index (χ2v) is 5.11. The van der Waals surface area contributed by atoms with E-state index in [0.29, 0.717) is 11.8 Å². The molecule has 1 saturated heterocycles. The van der Waals surface area contributed by atoms with Crippen molar-refractivity contribution < 1.29 is 9.13 Å². The molecule has 1 N–H and O–H groups in total. The fourth-order valence-corrected chi connectivity index (χ4v) is 2.94. The Morgan fingerprint density at radius 1 is 1.38 bits per heavy atom. The van der Waals surface area contributed by atoms with Crippen molar-refractivity contribution in [1.29, 1.82) is 0 Å². The van der Waals surface area contributed by atoms with Gasteiger partial charge in [0.1, 0.15) is 0 Å². The number of nitrogens with one attached hydrogen (secondary N) is 1. The van der Waals surface area contributed by atoms with Gasteiger partial charge in [0.05, 0.1) is 7.11 Å². The lowest BCUT2D eigenvalue weighted by Crippen LogP contribution is -2.24. The molecule has 4 heteroatoms. The van der Waals surface area contributed by atoms with Crippen LogP contribution in [0.4, 0.5) is 10.1 Å². The van der Waals surface area contributed by atoms with Gasteiger partial charge in [-0.2, -0.15) is 11.8 Å². The molecule has 1 fully saturated rings. The van der Waals surface area contributed by atoms with E-state index in [9.17, 15) is 4.39 Å². The van der Waals surface area contributed by atoms with E-state index in [4.69, 9.17) is 4.74 Å². The first-order chi connectivity index (χ1) is 7.79. The summed E-state index contributed by atoms with van der Waals surface area (Å²) in [7, 11) is 1.48. The topological polar surface area (TPSA) is 21.3 Å². The average Bonchev–Trinajstić information content (AvgIpc) is 2.31. The summed E-state index contributed by atoms with van der Waals surface area (Å²) < 4.78 is 18.3. The van der Waals surface area contributed by atoms with Crippen molar-refractivity contribution in [3.05, 3.63) is 24.0 Å². The van der Waals surface area contributed by atoms with Gasteiger partial charge in [0.15, 0.2) is 11.6 Å². The summed E-state index contributed by atoms with van der Waals surface area (Å²) in [6.45, 7) is 0. The number of benzene rings is 1. The molecule has 2 rings (SSSR count). The van der Waals surface area contributed by atoms with Crippen LogP contribution in [0.25, 0.3) is 0 Å². The minimum absolute atomic E-state index is 0.296. The Balaban J connectivity index is 2.01. The van der Waals surface area contributed by atoms with E-state index in [1.807, 2.05) is 17.8 Å². The minimum Gasteiger partial charge on any atom is -0.494 e. The summed E-state index contributed by atoms with van der Waals surface area (Å²) in [5.74, 6) is 2.37. The Morgan fingerprint density at radius 2 is 2.12 bits per heavy atom. The molecule has 0 atom stereocenters. The normalized spacial score (nSPS) is 17.1. The Labute approximate surface area is 99.6 Å². The summed E-state index contributed by atoms with van der Waals surface area (Å²) in [5.41, 5.74) is 0.843. The van der Waals surface area contributed by atoms with Gasteiger partial charge in [-0.05, 0) is 36.5 Å². The van der Waals surface area contributed by atoms with Crippen LogP contribution in [0.15, 0.2) is 18.2 Å². The van der Waals surface area contributed by atoms with Gasteiger partial charge in [0, 0.05) is 17.8 Å². The maximum Gasteiger partial charge on any atom is 0.167 e. The molecule has 0 saturated carbocycles. The van der Waals surface area contributed by atoms with Gasteiger partial charge < -0.3 is 10.1 Å². The molecule has 0 bridgehead atoms. The maximum atomic E-state index is 13.4. The van der Waals surface area contributed by atoms with E-state index in [2.05, 4.69) is 5.32 Å². The van der Waals surface area contributed by atoms with E-state index in [1.165, 1.54) is 24.7 Å². The lowest BCUT2D eigenvalue weighted by atomic mass is 10.1. The largest absolute Gasteiger partial charge is 0.494 e. The predicted molar refractivity (Wildman–Crippen MR) is 66.9 cm³/mol. The summed E-state index contributed by atoms with van der Waals surface area (Å²) in [6.07, 6.45) is 2.30. The fraction of sp³-hybridized carbons (Fsp3) is 0.500. The van der Waals surface area contributed by atoms with Crippen molar-refractivity contribution in [3.8, 4) is 5.75 Å². The predicted octanol–water partition coefficient (Wildman–Crippen LogP) is 3.14. The molecule has 88 valence electrons. The van der Waals surface area contributed by atoms with Crippen LogP contribution in [0.1, 0.15) is 12.8 Å². The third kappa shape index (κ3) is 2.82. The summed E-state index contributed by atoms with van der Waals surface area (Å²) in [6, 6.07) is 5.51. The van der Waals surface area contributed by atoms with Crippen LogP contribution in [0.3, 0.4) is 0 Å². The van der Waals surface area contributed by atoms with Crippen molar-refractivity contribution in [2.75, 3.05) is 23.9 Å². The van der Waals surface area contributed by atoms with Gasteiger partial charge in [-0.25, -0.2) is 4.39 Å². The number of hydrogen-bond acceptors (Lipinski definition) is 3. The molecule has 0 unspecified atom stereocenters. The summed E-state index contributed by atoms with van der Waals surface area (Å²) in [5, 5.41) is 3.36. The number of thioether (sulfide) groups is 1. The first-order valence-corrected chi connectivity index (χ1v) is 6.63. The van der Waals surface area contributed by atoms with E-state index < -0.39 is 0 Å². The molecule has 0 amide bonds. The van der Waals surface area contributed by atoms with Crippen LogP contribution < -0.4 is 10.1 Å². The SMILES string of the molecule is COc1ccc(NC2CCSCC2)cc1F. The van der Waals surface area contributed by atoms with E-state index in [-0.39, 0.29) is 5.82 Å². The van der Waals surface area contributed by atoms with Gasteiger partial charge in [-0.3, -0.25) is 0 Å². The third-order valence-corrected chi connectivity index (χ3v) is 3.79. The van der Waals surface area contributed by atoms with Crippen LogP contribution in [-0.2, 0) is 0 Å². The number of anilines is 1. The molecule has 2 nitrogen and oxygen atoms in total. The van der Waals surface area contributed by atoms with Crippen molar-refractivity contribution in [2.45, 2.75) is 18.9 Å². The zero-order valence-corrected chi connectivity index (χ0v) is 10.1. The molecule has 0 aromatic heterocycles. The first-order valence-electron chi connectivity index (χ1n) is 5.47. The summed E-state index contributed by atoms with van der Waals surface area (Å²) >= 11 is 1.98. The van der Waals surface area contributed by atoms with Crippen molar-refractivity contribution in [2.24, 2.45) is 0 Å². The van der Waals surface area contributed by atoms with Crippen molar-refractivity contribution in [3.63, 3.8) is 0 Å². The lowest BCUT2D eigenvalue weighted by molar-refractivity contribution is 0.386. The van der Waals surface area contributed by atoms with E-state index >= 15 is 0 Å². The van der Waals surface area contributed by atoms with E-state index in [1.54, 1.807) is 6.07 Å². The van der Waals surface area contributed by atoms with Crippen LogP contribution in [0, 0.1) is 5.82 Å². The van der Waals surface area contributed by atoms with Gasteiger partial charge >= 0.3 is 0 Å². The Morgan fingerprint density at radius 3 is 2.75 bits per heavy atom. The number of hydrogen-bond donors (Lipinski definition) is 1. The Kier molecular flexibility index (Phi) is 3.93. The lowest BCUT2D eigenvalue weighted by Gasteiger charge is -2.23. The quantitative estimate of drug-likeness (QED) is 0.878. The molecule has 1 heterocycles. The van der Waals surface area contributed by atoms with Crippen LogP contribution >= 0.6 is 11.8 Å². The molecular weight excluding hydrogens is 225 g/mol. The van der Waals surface area contributed by atoms with Gasteiger partial charge in [0.2, 0.25) is 0 Å². The molecule has 1 aliphatic heterocycles. The minimum atomic E-state index is -0.308. The Hall–Kier alpha value is -0.900. The van der Waals surface area contributed by atoms with Gasteiger partial charge in [-0.1, -0.05) is 0 Å². The summed E-state index contributed by atoms with van der Waals surface area (Å²) in [4.78, 5) is 0. The highest BCUT2D eigenvalue weighted by Crippen LogP contribution is 2.24. The van der Waals surface area contributed by atoms with Crippen LogP contribution in [0.2, 0.25) is 0 Å². The molecule has 0 radical (unpaired) electrons.